The van der Waals surface area contributed by atoms with Gasteiger partial charge in [0.05, 0.1) is 5.39 Å². The average molecular weight is 404 g/mol. The second kappa shape index (κ2) is 7.39. The molecule has 1 saturated heterocycles. The fraction of sp³-hybridized carbons (Fsp3) is 0.333. The number of rotatable bonds is 3. The monoisotopic (exact) mass is 403 g/mol. The molecule has 4 nitrogen and oxygen atoms in total. The van der Waals surface area contributed by atoms with Gasteiger partial charge in [0.2, 0.25) is 0 Å². The minimum atomic E-state index is 0.130. The SMILES string of the molecule is CCc1nc2scc(-c3ccc4ccccc4c3)c2c(=O)n1C1CCN(C)CC1. The van der Waals surface area contributed by atoms with Gasteiger partial charge in [-0.25, -0.2) is 4.98 Å². The van der Waals surface area contributed by atoms with Crippen molar-refractivity contribution in [2.75, 3.05) is 20.1 Å². The Morgan fingerprint density at radius 1 is 1.10 bits per heavy atom. The smallest absolute Gasteiger partial charge is 0.263 e. The van der Waals surface area contributed by atoms with E-state index in [1.165, 1.54) is 10.8 Å². The van der Waals surface area contributed by atoms with Gasteiger partial charge in [0.25, 0.3) is 5.56 Å². The third-order valence-electron chi connectivity index (χ3n) is 6.14. The minimum absolute atomic E-state index is 0.130. The van der Waals surface area contributed by atoms with Gasteiger partial charge in [0, 0.05) is 23.4 Å². The minimum Gasteiger partial charge on any atom is -0.306 e. The van der Waals surface area contributed by atoms with E-state index in [0.29, 0.717) is 0 Å². The second-order valence-corrected chi connectivity index (χ2v) is 8.84. The van der Waals surface area contributed by atoms with E-state index >= 15 is 0 Å². The first-order valence-electron chi connectivity index (χ1n) is 10.4. The quantitative estimate of drug-likeness (QED) is 0.477. The maximum Gasteiger partial charge on any atom is 0.263 e. The van der Waals surface area contributed by atoms with Crippen LogP contribution in [-0.2, 0) is 6.42 Å². The van der Waals surface area contributed by atoms with Crippen molar-refractivity contribution in [2.45, 2.75) is 32.2 Å². The summed E-state index contributed by atoms with van der Waals surface area (Å²) in [7, 11) is 2.15. The highest BCUT2D eigenvalue weighted by molar-refractivity contribution is 7.17. The second-order valence-electron chi connectivity index (χ2n) is 7.98. The van der Waals surface area contributed by atoms with Crippen LogP contribution in [-0.4, -0.2) is 34.6 Å². The molecule has 5 rings (SSSR count). The van der Waals surface area contributed by atoms with Crippen molar-refractivity contribution in [3.8, 4) is 11.1 Å². The number of piperidine rings is 1. The molecule has 29 heavy (non-hydrogen) atoms. The van der Waals surface area contributed by atoms with Crippen molar-refractivity contribution >= 4 is 32.3 Å². The largest absolute Gasteiger partial charge is 0.306 e. The molecule has 0 unspecified atom stereocenters. The molecule has 1 aliphatic rings. The van der Waals surface area contributed by atoms with Gasteiger partial charge in [-0.3, -0.25) is 9.36 Å². The van der Waals surface area contributed by atoms with Crippen molar-refractivity contribution in [3.05, 3.63) is 64.0 Å². The summed E-state index contributed by atoms with van der Waals surface area (Å²) < 4.78 is 2.01. The number of benzene rings is 2. The first-order valence-corrected chi connectivity index (χ1v) is 11.2. The normalized spacial score (nSPS) is 16.1. The number of likely N-dealkylation sites (tertiary alicyclic amines) is 1. The number of aryl methyl sites for hydroxylation is 1. The number of aromatic nitrogens is 2. The molecule has 0 saturated carbocycles. The first kappa shape index (κ1) is 18.5. The van der Waals surface area contributed by atoms with Gasteiger partial charge >= 0.3 is 0 Å². The van der Waals surface area contributed by atoms with Crippen LogP contribution < -0.4 is 5.56 Å². The van der Waals surface area contributed by atoms with Crippen LogP contribution in [0.4, 0.5) is 0 Å². The molecule has 148 valence electrons. The average Bonchev–Trinajstić information content (AvgIpc) is 3.18. The molecule has 0 N–H and O–H groups in total. The summed E-state index contributed by atoms with van der Waals surface area (Å²) >= 11 is 1.58. The summed E-state index contributed by atoms with van der Waals surface area (Å²) in [6.45, 7) is 4.15. The topological polar surface area (TPSA) is 38.1 Å². The van der Waals surface area contributed by atoms with Gasteiger partial charge in [0.1, 0.15) is 10.7 Å². The zero-order valence-corrected chi connectivity index (χ0v) is 17.7. The molecule has 0 amide bonds. The highest BCUT2D eigenvalue weighted by Crippen LogP contribution is 2.34. The van der Waals surface area contributed by atoms with E-state index in [2.05, 4.69) is 66.7 Å². The fourth-order valence-corrected chi connectivity index (χ4v) is 5.45. The predicted octanol–water partition coefficient (Wildman–Crippen LogP) is 5.11. The van der Waals surface area contributed by atoms with Gasteiger partial charge in [-0.05, 0) is 55.4 Å². The summed E-state index contributed by atoms with van der Waals surface area (Å²) in [6.07, 6.45) is 2.79. The molecule has 0 atom stereocenters. The molecule has 5 heteroatoms. The van der Waals surface area contributed by atoms with Crippen LogP contribution in [0.15, 0.2) is 52.6 Å². The molecular formula is C24H25N3OS. The van der Waals surface area contributed by atoms with Gasteiger partial charge in [0.15, 0.2) is 0 Å². The fourth-order valence-electron chi connectivity index (χ4n) is 4.49. The number of nitrogens with zero attached hydrogens (tertiary/aromatic N) is 3. The van der Waals surface area contributed by atoms with E-state index in [1.54, 1.807) is 11.3 Å². The van der Waals surface area contributed by atoms with E-state index in [9.17, 15) is 4.79 Å². The molecule has 4 aromatic rings. The van der Waals surface area contributed by atoms with Gasteiger partial charge in [-0.2, -0.15) is 0 Å². The van der Waals surface area contributed by atoms with Crippen LogP contribution in [0.5, 0.6) is 0 Å². The lowest BCUT2D eigenvalue weighted by Gasteiger charge is -2.31. The van der Waals surface area contributed by atoms with Gasteiger partial charge < -0.3 is 4.90 Å². The molecule has 2 aromatic heterocycles. The van der Waals surface area contributed by atoms with Crippen LogP contribution >= 0.6 is 11.3 Å². The van der Waals surface area contributed by atoms with Gasteiger partial charge in [-0.1, -0.05) is 43.3 Å². The Kier molecular flexibility index (Phi) is 4.72. The molecule has 3 heterocycles. The molecule has 0 bridgehead atoms. The molecular weight excluding hydrogens is 378 g/mol. The Bertz CT molecular complexity index is 1250. The molecule has 1 fully saturated rings. The van der Waals surface area contributed by atoms with E-state index in [1.807, 2.05) is 4.57 Å². The van der Waals surface area contributed by atoms with E-state index in [4.69, 9.17) is 4.98 Å². The number of hydrogen-bond acceptors (Lipinski definition) is 4. The molecule has 0 spiro atoms. The number of thiophene rings is 1. The van der Waals surface area contributed by atoms with Crippen LogP contribution in [0.1, 0.15) is 31.6 Å². The van der Waals surface area contributed by atoms with Crippen molar-refractivity contribution in [1.29, 1.82) is 0 Å². The van der Waals surface area contributed by atoms with E-state index < -0.39 is 0 Å². The highest BCUT2D eigenvalue weighted by Gasteiger charge is 2.24. The van der Waals surface area contributed by atoms with Gasteiger partial charge in [-0.15, -0.1) is 11.3 Å². The third kappa shape index (κ3) is 3.18. The van der Waals surface area contributed by atoms with Crippen LogP contribution in [0.25, 0.3) is 32.1 Å². The summed E-state index contributed by atoms with van der Waals surface area (Å²) in [5, 5.41) is 5.28. The van der Waals surface area contributed by atoms with E-state index in [0.717, 1.165) is 59.5 Å². The maximum atomic E-state index is 13.7. The number of hydrogen-bond donors (Lipinski definition) is 0. The van der Waals surface area contributed by atoms with Crippen LogP contribution in [0.3, 0.4) is 0 Å². The summed E-state index contributed by atoms with van der Waals surface area (Å²) in [4.78, 5) is 21.8. The Morgan fingerprint density at radius 3 is 2.62 bits per heavy atom. The Morgan fingerprint density at radius 2 is 1.86 bits per heavy atom. The molecule has 1 aliphatic heterocycles. The lowest BCUT2D eigenvalue weighted by atomic mass is 10.0. The Balaban J connectivity index is 1.69. The van der Waals surface area contributed by atoms with Crippen molar-refractivity contribution in [3.63, 3.8) is 0 Å². The summed E-state index contributed by atoms with van der Waals surface area (Å²) in [5.74, 6) is 0.920. The zero-order valence-electron chi connectivity index (χ0n) is 16.9. The molecule has 0 radical (unpaired) electrons. The zero-order chi connectivity index (χ0) is 20.0. The third-order valence-corrected chi connectivity index (χ3v) is 7.02. The lowest BCUT2D eigenvalue weighted by Crippen LogP contribution is -2.37. The number of fused-ring (bicyclic) bond motifs is 2. The summed E-state index contributed by atoms with van der Waals surface area (Å²) in [5.41, 5.74) is 2.23. The Labute approximate surface area is 174 Å². The van der Waals surface area contributed by atoms with Crippen molar-refractivity contribution in [2.24, 2.45) is 0 Å². The predicted molar refractivity (Wildman–Crippen MR) is 122 cm³/mol. The molecule has 2 aromatic carbocycles. The lowest BCUT2D eigenvalue weighted by molar-refractivity contribution is 0.216. The van der Waals surface area contributed by atoms with Crippen molar-refractivity contribution in [1.82, 2.24) is 14.5 Å². The summed E-state index contributed by atoms with van der Waals surface area (Å²) in [6, 6.07) is 15.0. The standard InChI is InChI=1S/C24H25N3OS/c1-3-21-25-23-22(24(28)27(21)19-10-12-26(2)13-11-19)20(15-29-23)18-9-8-16-6-4-5-7-17(16)14-18/h4-9,14-15,19H,3,10-13H2,1-2H3. The first-order chi connectivity index (χ1) is 14.2. The van der Waals surface area contributed by atoms with Crippen molar-refractivity contribution < 1.29 is 0 Å². The Hall–Kier alpha value is -2.50. The molecule has 0 aliphatic carbocycles. The van der Waals surface area contributed by atoms with Crippen LogP contribution in [0, 0.1) is 0 Å². The van der Waals surface area contributed by atoms with Crippen LogP contribution in [0.2, 0.25) is 0 Å². The van der Waals surface area contributed by atoms with E-state index in [-0.39, 0.29) is 11.6 Å². The highest BCUT2D eigenvalue weighted by atomic mass is 32.1. The maximum absolute atomic E-state index is 13.7.